The second-order valence-corrected chi connectivity index (χ2v) is 3.72. The minimum atomic E-state index is -1.42. The SMILES string of the molecule is CCC(C)c1cccc(C(O)C(=O)O)c1. The van der Waals surface area contributed by atoms with Gasteiger partial charge in [-0.15, -0.1) is 0 Å². The maximum Gasteiger partial charge on any atom is 0.337 e. The summed E-state index contributed by atoms with van der Waals surface area (Å²) in [5.41, 5.74) is 1.51. The number of carbonyl (C=O) groups is 1. The van der Waals surface area contributed by atoms with Gasteiger partial charge >= 0.3 is 5.97 Å². The summed E-state index contributed by atoms with van der Waals surface area (Å²) in [5.74, 6) is -0.831. The largest absolute Gasteiger partial charge is 0.479 e. The molecule has 0 heterocycles. The van der Waals surface area contributed by atoms with Crippen LogP contribution in [0.1, 0.15) is 43.4 Å². The second-order valence-electron chi connectivity index (χ2n) is 3.72. The van der Waals surface area contributed by atoms with Crippen LogP contribution in [0.25, 0.3) is 0 Å². The summed E-state index contributed by atoms with van der Waals surface area (Å²) < 4.78 is 0. The molecule has 0 bridgehead atoms. The van der Waals surface area contributed by atoms with Gasteiger partial charge in [0.25, 0.3) is 0 Å². The van der Waals surface area contributed by atoms with Crippen molar-refractivity contribution in [1.82, 2.24) is 0 Å². The number of hydrogen-bond donors (Lipinski definition) is 2. The Balaban J connectivity index is 2.97. The average molecular weight is 208 g/mol. The predicted molar refractivity (Wildman–Crippen MR) is 57.7 cm³/mol. The summed E-state index contributed by atoms with van der Waals surface area (Å²) in [6.45, 7) is 4.15. The molecular formula is C12H16O3. The van der Waals surface area contributed by atoms with Crippen LogP contribution in [0.2, 0.25) is 0 Å². The summed E-state index contributed by atoms with van der Waals surface area (Å²) >= 11 is 0. The molecule has 0 saturated heterocycles. The topological polar surface area (TPSA) is 57.5 Å². The fourth-order valence-electron chi connectivity index (χ4n) is 1.41. The number of aliphatic hydroxyl groups is 1. The van der Waals surface area contributed by atoms with E-state index in [0.717, 1.165) is 12.0 Å². The zero-order valence-corrected chi connectivity index (χ0v) is 8.97. The lowest BCUT2D eigenvalue weighted by atomic mass is 9.95. The average Bonchev–Trinajstić information content (AvgIpc) is 2.27. The van der Waals surface area contributed by atoms with Gasteiger partial charge in [-0.25, -0.2) is 4.79 Å². The number of carboxylic acid groups (broad SMARTS) is 1. The van der Waals surface area contributed by atoms with Gasteiger partial charge in [-0.3, -0.25) is 0 Å². The van der Waals surface area contributed by atoms with E-state index in [9.17, 15) is 9.90 Å². The third-order valence-electron chi connectivity index (χ3n) is 2.64. The smallest absolute Gasteiger partial charge is 0.337 e. The van der Waals surface area contributed by atoms with Gasteiger partial charge in [0.2, 0.25) is 0 Å². The van der Waals surface area contributed by atoms with E-state index in [1.165, 1.54) is 0 Å². The highest BCUT2D eigenvalue weighted by molar-refractivity contribution is 5.74. The van der Waals surface area contributed by atoms with Crippen molar-refractivity contribution in [2.75, 3.05) is 0 Å². The third-order valence-corrected chi connectivity index (χ3v) is 2.64. The zero-order valence-electron chi connectivity index (χ0n) is 8.97. The van der Waals surface area contributed by atoms with E-state index >= 15 is 0 Å². The van der Waals surface area contributed by atoms with Crippen molar-refractivity contribution in [3.8, 4) is 0 Å². The number of aliphatic carboxylic acids is 1. The van der Waals surface area contributed by atoms with Crippen molar-refractivity contribution >= 4 is 5.97 Å². The van der Waals surface area contributed by atoms with Gasteiger partial charge in [0.1, 0.15) is 0 Å². The summed E-state index contributed by atoms with van der Waals surface area (Å²) in [6.07, 6.45) is -0.430. The van der Waals surface area contributed by atoms with Gasteiger partial charge in [0.15, 0.2) is 6.10 Å². The molecule has 82 valence electrons. The minimum Gasteiger partial charge on any atom is -0.479 e. The lowest BCUT2D eigenvalue weighted by Crippen LogP contribution is -2.10. The molecule has 3 nitrogen and oxygen atoms in total. The number of benzene rings is 1. The fraction of sp³-hybridized carbons (Fsp3) is 0.417. The highest BCUT2D eigenvalue weighted by Crippen LogP contribution is 2.22. The van der Waals surface area contributed by atoms with Crippen LogP contribution in [-0.4, -0.2) is 16.2 Å². The van der Waals surface area contributed by atoms with Crippen LogP contribution in [0.4, 0.5) is 0 Å². The monoisotopic (exact) mass is 208 g/mol. The van der Waals surface area contributed by atoms with Crippen LogP contribution in [-0.2, 0) is 4.79 Å². The van der Waals surface area contributed by atoms with E-state index < -0.39 is 12.1 Å². The molecule has 0 aliphatic heterocycles. The Morgan fingerprint density at radius 3 is 2.53 bits per heavy atom. The molecule has 15 heavy (non-hydrogen) atoms. The van der Waals surface area contributed by atoms with Crippen LogP contribution in [0, 0.1) is 0 Å². The maximum atomic E-state index is 10.6. The Morgan fingerprint density at radius 2 is 2.00 bits per heavy atom. The Hall–Kier alpha value is -1.35. The van der Waals surface area contributed by atoms with E-state index in [0.29, 0.717) is 11.5 Å². The summed E-state index contributed by atoms with van der Waals surface area (Å²) in [7, 11) is 0. The lowest BCUT2D eigenvalue weighted by molar-refractivity contribution is -0.146. The van der Waals surface area contributed by atoms with Crippen LogP contribution >= 0.6 is 0 Å². The zero-order chi connectivity index (χ0) is 11.4. The summed E-state index contributed by atoms with van der Waals surface area (Å²) in [4.78, 5) is 10.6. The van der Waals surface area contributed by atoms with Crippen LogP contribution < -0.4 is 0 Å². The standard InChI is InChI=1S/C12H16O3/c1-3-8(2)9-5-4-6-10(7-9)11(13)12(14)15/h4-8,11,13H,3H2,1-2H3,(H,14,15). The van der Waals surface area contributed by atoms with E-state index in [-0.39, 0.29) is 0 Å². The fourth-order valence-corrected chi connectivity index (χ4v) is 1.41. The molecule has 3 heteroatoms. The molecular weight excluding hydrogens is 192 g/mol. The van der Waals surface area contributed by atoms with Crippen molar-refractivity contribution in [3.63, 3.8) is 0 Å². The first-order chi connectivity index (χ1) is 7.06. The molecule has 0 amide bonds. The molecule has 2 atom stereocenters. The molecule has 0 aliphatic rings. The van der Waals surface area contributed by atoms with Gasteiger partial charge in [-0.2, -0.15) is 0 Å². The Labute approximate surface area is 89.4 Å². The molecule has 0 spiro atoms. The number of hydrogen-bond acceptors (Lipinski definition) is 2. The molecule has 1 rings (SSSR count). The van der Waals surface area contributed by atoms with Gasteiger partial charge in [-0.1, -0.05) is 38.1 Å². The molecule has 0 radical (unpaired) electrons. The van der Waals surface area contributed by atoms with Crippen molar-refractivity contribution in [3.05, 3.63) is 35.4 Å². The van der Waals surface area contributed by atoms with E-state index in [2.05, 4.69) is 13.8 Å². The first kappa shape index (κ1) is 11.7. The minimum absolute atomic E-state index is 0.381. The predicted octanol–water partition coefficient (Wildman–Crippen LogP) is 2.32. The van der Waals surface area contributed by atoms with Crippen LogP contribution in [0.5, 0.6) is 0 Å². The lowest BCUT2D eigenvalue weighted by Gasteiger charge is -2.12. The molecule has 0 fully saturated rings. The third kappa shape index (κ3) is 2.80. The molecule has 0 saturated carbocycles. The van der Waals surface area contributed by atoms with E-state index in [4.69, 9.17) is 5.11 Å². The quantitative estimate of drug-likeness (QED) is 0.798. The maximum absolute atomic E-state index is 10.6. The van der Waals surface area contributed by atoms with Gasteiger partial charge in [0, 0.05) is 0 Å². The van der Waals surface area contributed by atoms with Crippen molar-refractivity contribution < 1.29 is 15.0 Å². The Bertz CT molecular complexity index is 346. The van der Waals surface area contributed by atoms with Crippen molar-refractivity contribution in [1.29, 1.82) is 0 Å². The highest BCUT2D eigenvalue weighted by atomic mass is 16.4. The highest BCUT2D eigenvalue weighted by Gasteiger charge is 2.16. The first-order valence-corrected chi connectivity index (χ1v) is 5.07. The van der Waals surface area contributed by atoms with Crippen LogP contribution in [0.15, 0.2) is 24.3 Å². The Morgan fingerprint density at radius 1 is 1.40 bits per heavy atom. The van der Waals surface area contributed by atoms with Crippen LogP contribution in [0.3, 0.4) is 0 Å². The number of aliphatic hydroxyl groups excluding tert-OH is 1. The number of carboxylic acids is 1. The molecule has 1 aromatic carbocycles. The molecule has 1 aromatic rings. The van der Waals surface area contributed by atoms with Gasteiger partial charge < -0.3 is 10.2 Å². The molecule has 0 aliphatic carbocycles. The van der Waals surface area contributed by atoms with E-state index in [1.54, 1.807) is 18.2 Å². The Kier molecular flexibility index (Phi) is 3.86. The van der Waals surface area contributed by atoms with Gasteiger partial charge in [-0.05, 0) is 23.5 Å². The van der Waals surface area contributed by atoms with Crippen molar-refractivity contribution in [2.45, 2.75) is 32.3 Å². The number of rotatable bonds is 4. The summed E-state index contributed by atoms with van der Waals surface area (Å²) in [6, 6.07) is 7.12. The van der Waals surface area contributed by atoms with Crippen molar-refractivity contribution in [2.24, 2.45) is 0 Å². The molecule has 2 N–H and O–H groups in total. The molecule has 0 aromatic heterocycles. The second kappa shape index (κ2) is 4.94. The van der Waals surface area contributed by atoms with E-state index in [1.807, 2.05) is 6.07 Å². The normalized spacial score (nSPS) is 14.6. The molecule has 2 unspecified atom stereocenters. The first-order valence-electron chi connectivity index (χ1n) is 5.07. The summed E-state index contributed by atoms with van der Waals surface area (Å²) in [5, 5.41) is 18.0. The van der Waals surface area contributed by atoms with Gasteiger partial charge in [0.05, 0.1) is 0 Å².